The fourth-order valence-electron chi connectivity index (χ4n) is 3.03. The van der Waals surface area contributed by atoms with Crippen LogP contribution in [0.15, 0.2) is 48.5 Å². The van der Waals surface area contributed by atoms with Crippen LogP contribution >= 0.6 is 0 Å². The molecule has 0 aliphatic carbocycles. The topological polar surface area (TPSA) is 84.9 Å². The van der Waals surface area contributed by atoms with Crippen LogP contribution in [0, 0.1) is 6.92 Å². The summed E-state index contributed by atoms with van der Waals surface area (Å²) in [6, 6.07) is 14.4. The highest BCUT2D eigenvalue weighted by atomic mass is 32.2. The van der Waals surface area contributed by atoms with Gasteiger partial charge in [-0.3, -0.25) is 9.10 Å². The number of para-hydroxylation sites is 3. The third kappa shape index (κ3) is 6.95. The van der Waals surface area contributed by atoms with Crippen LogP contribution in [0.25, 0.3) is 0 Å². The Morgan fingerprint density at radius 3 is 2.37 bits per heavy atom. The van der Waals surface area contributed by atoms with Crippen LogP contribution < -0.4 is 19.1 Å². The number of nitrogens with one attached hydrogen (secondary N) is 1. The van der Waals surface area contributed by atoms with E-state index in [2.05, 4.69) is 5.32 Å². The molecular formula is C22H30N2O5S. The molecule has 1 unspecified atom stereocenters. The predicted molar refractivity (Wildman–Crippen MR) is 119 cm³/mol. The average Bonchev–Trinajstić information content (AvgIpc) is 2.70. The summed E-state index contributed by atoms with van der Waals surface area (Å²) in [5, 5.41) is 2.88. The van der Waals surface area contributed by atoms with Crippen LogP contribution in [-0.4, -0.2) is 46.9 Å². The Labute approximate surface area is 179 Å². The molecule has 164 valence electrons. The second-order valence-corrected chi connectivity index (χ2v) is 9.06. The summed E-state index contributed by atoms with van der Waals surface area (Å²) < 4.78 is 36.7. The molecule has 0 saturated carbocycles. The summed E-state index contributed by atoms with van der Waals surface area (Å²) in [5.41, 5.74) is 1.51. The quantitative estimate of drug-likeness (QED) is 0.587. The minimum absolute atomic E-state index is 0.149. The fraction of sp³-hybridized carbons (Fsp3) is 0.409. The van der Waals surface area contributed by atoms with E-state index in [4.69, 9.17) is 9.47 Å². The standard InChI is InChI=1S/C22H30N2O5S/c1-17-10-5-6-11-19(17)24(30(4,26)27)15-9-14-22(25)23-18(2)16-29-21-13-8-7-12-20(21)28-3/h5-8,10-13,18H,9,14-16H2,1-4H3,(H,23,25). The summed E-state index contributed by atoms with van der Waals surface area (Å²) in [4.78, 5) is 12.3. The molecule has 1 amide bonds. The molecular weight excluding hydrogens is 404 g/mol. The van der Waals surface area contributed by atoms with Crippen LogP contribution in [0.2, 0.25) is 0 Å². The zero-order chi connectivity index (χ0) is 22.1. The van der Waals surface area contributed by atoms with E-state index < -0.39 is 10.0 Å². The number of benzene rings is 2. The first-order valence-electron chi connectivity index (χ1n) is 9.81. The third-order valence-corrected chi connectivity index (χ3v) is 5.69. The Balaban J connectivity index is 1.83. The first-order chi connectivity index (χ1) is 14.2. The molecule has 0 radical (unpaired) electrons. The van der Waals surface area contributed by atoms with E-state index >= 15 is 0 Å². The zero-order valence-electron chi connectivity index (χ0n) is 17.9. The number of nitrogens with zero attached hydrogens (tertiary/aromatic N) is 1. The monoisotopic (exact) mass is 434 g/mol. The minimum Gasteiger partial charge on any atom is -0.493 e. The SMILES string of the molecule is COc1ccccc1OCC(C)NC(=O)CCCN(c1ccccc1C)S(C)(=O)=O. The van der Waals surface area contributed by atoms with Crippen molar-refractivity contribution in [1.82, 2.24) is 5.32 Å². The predicted octanol–water partition coefficient (Wildman–Crippen LogP) is 3.13. The van der Waals surface area contributed by atoms with Gasteiger partial charge in [-0.15, -0.1) is 0 Å². The van der Waals surface area contributed by atoms with E-state index in [-0.39, 0.29) is 24.9 Å². The molecule has 0 aromatic heterocycles. The lowest BCUT2D eigenvalue weighted by Crippen LogP contribution is -2.37. The van der Waals surface area contributed by atoms with Crippen LogP contribution in [0.3, 0.4) is 0 Å². The third-order valence-electron chi connectivity index (χ3n) is 4.51. The Morgan fingerprint density at radius 1 is 1.10 bits per heavy atom. The highest BCUT2D eigenvalue weighted by Crippen LogP contribution is 2.26. The van der Waals surface area contributed by atoms with Gasteiger partial charge >= 0.3 is 0 Å². The first-order valence-corrected chi connectivity index (χ1v) is 11.7. The molecule has 1 N–H and O–H groups in total. The molecule has 0 aliphatic rings. The van der Waals surface area contributed by atoms with E-state index in [0.29, 0.717) is 30.2 Å². The van der Waals surface area contributed by atoms with Crippen molar-refractivity contribution < 1.29 is 22.7 Å². The van der Waals surface area contributed by atoms with E-state index in [1.807, 2.05) is 38.1 Å². The number of aryl methyl sites for hydroxylation is 1. The lowest BCUT2D eigenvalue weighted by Gasteiger charge is -2.24. The fourth-order valence-corrected chi connectivity index (χ4v) is 4.06. The minimum atomic E-state index is -3.44. The average molecular weight is 435 g/mol. The van der Waals surface area contributed by atoms with Crippen molar-refractivity contribution in [3.63, 3.8) is 0 Å². The van der Waals surface area contributed by atoms with Gasteiger partial charge in [0.05, 0.1) is 25.1 Å². The molecule has 0 spiro atoms. The molecule has 0 aliphatic heterocycles. The van der Waals surface area contributed by atoms with Crippen molar-refractivity contribution in [3.05, 3.63) is 54.1 Å². The van der Waals surface area contributed by atoms with Crippen molar-refractivity contribution in [2.45, 2.75) is 32.7 Å². The number of methoxy groups -OCH3 is 1. The van der Waals surface area contributed by atoms with Crippen LogP contribution in [0.4, 0.5) is 5.69 Å². The van der Waals surface area contributed by atoms with Crippen molar-refractivity contribution in [2.24, 2.45) is 0 Å². The Bertz CT molecular complexity index is 946. The second kappa shape index (κ2) is 10.9. The zero-order valence-corrected chi connectivity index (χ0v) is 18.7. The van der Waals surface area contributed by atoms with Gasteiger partial charge in [0.15, 0.2) is 11.5 Å². The molecule has 30 heavy (non-hydrogen) atoms. The normalized spacial score (nSPS) is 12.1. The summed E-state index contributed by atoms with van der Waals surface area (Å²) in [7, 11) is -1.86. The van der Waals surface area contributed by atoms with E-state index in [9.17, 15) is 13.2 Å². The Hall–Kier alpha value is -2.74. The number of anilines is 1. The van der Waals surface area contributed by atoms with Crippen molar-refractivity contribution in [2.75, 3.05) is 30.8 Å². The van der Waals surface area contributed by atoms with Gasteiger partial charge in [-0.25, -0.2) is 8.42 Å². The molecule has 0 saturated heterocycles. The van der Waals surface area contributed by atoms with Gasteiger partial charge in [0, 0.05) is 13.0 Å². The molecule has 2 rings (SSSR count). The maximum Gasteiger partial charge on any atom is 0.232 e. The molecule has 0 heterocycles. The van der Waals surface area contributed by atoms with Crippen molar-refractivity contribution in [1.29, 1.82) is 0 Å². The lowest BCUT2D eigenvalue weighted by atomic mass is 10.2. The van der Waals surface area contributed by atoms with E-state index in [0.717, 1.165) is 5.56 Å². The maximum absolute atomic E-state index is 12.3. The van der Waals surface area contributed by atoms with E-state index in [1.54, 1.807) is 31.4 Å². The highest BCUT2D eigenvalue weighted by Gasteiger charge is 2.19. The number of rotatable bonds is 11. The van der Waals surface area contributed by atoms with Crippen LogP contribution in [-0.2, 0) is 14.8 Å². The van der Waals surface area contributed by atoms with Crippen LogP contribution in [0.5, 0.6) is 11.5 Å². The number of hydrogen-bond donors (Lipinski definition) is 1. The van der Waals surface area contributed by atoms with E-state index in [1.165, 1.54) is 10.6 Å². The smallest absolute Gasteiger partial charge is 0.232 e. The number of sulfonamides is 1. The number of ether oxygens (including phenoxy) is 2. The molecule has 2 aromatic carbocycles. The van der Waals surface area contributed by atoms with Gasteiger partial charge < -0.3 is 14.8 Å². The van der Waals surface area contributed by atoms with Crippen LogP contribution in [0.1, 0.15) is 25.3 Å². The summed E-state index contributed by atoms with van der Waals surface area (Å²) in [6.07, 6.45) is 1.81. The Morgan fingerprint density at radius 2 is 1.73 bits per heavy atom. The molecule has 0 bridgehead atoms. The lowest BCUT2D eigenvalue weighted by molar-refractivity contribution is -0.121. The number of carbonyl (C=O) groups is 1. The van der Waals surface area contributed by atoms with Gasteiger partial charge in [-0.05, 0) is 44.0 Å². The van der Waals surface area contributed by atoms with Crippen molar-refractivity contribution >= 4 is 21.6 Å². The maximum atomic E-state index is 12.3. The van der Waals surface area contributed by atoms with Gasteiger partial charge in [-0.2, -0.15) is 0 Å². The summed E-state index contributed by atoms with van der Waals surface area (Å²) in [6.45, 7) is 4.25. The number of amides is 1. The van der Waals surface area contributed by atoms with Gasteiger partial charge in [0.25, 0.3) is 0 Å². The number of carbonyl (C=O) groups excluding carboxylic acids is 1. The number of hydrogen-bond acceptors (Lipinski definition) is 5. The highest BCUT2D eigenvalue weighted by molar-refractivity contribution is 7.92. The second-order valence-electron chi connectivity index (χ2n) is 7.16. The van der Waals surface area contributed by atoms with Gasteiger partial charge in [0.2, 0.25) is 15.9 Å². The molecule has 0 fully saturated rings. The largest absolute Gasteiger partial charge is 0.493 e. The van der Waals surface area contributed by atoms with Crippen molar-refractivity contribution in [3.8, 4) is 11.5 Å². The first kappa shape index (κ1) is 23.5. The molecule has 8 heteroatoms. The molecule has 2 aromatic rings. The molecule has 7 nitrogen and oxygen atoms in total. The summed E-state index contributed by atoms with van der Waals surface area (Å²) in [5.74, 6) is 1.10. The molecule has 1 atom stereocenters. The van der Waals surface area contributed by atoms with Gasteiger partial charge in [-0.1, -0.05) is 30.3 Å². The summed E-state index contributed by atoms with van der Waals surface area (Å²) >= 11 is 0. The van der Waals surface area contributed by atoms with Gasteiger partial charge in [0.1, 0.15) is 6.61 Å². The Kier molecular flexibility index (Phi) is 8.53.